The molecule has 0 aromatic heterocycles. The van der Waals surface area contributed by atoms with Crippen LogP contribution in [-0.4, -0.2) is 23.9 Å². The maximum atomic E-state index is 10.7. The van der Waals surface area contributed by atoms with Gasteiger partial charge >= 0.3 is 23.9 Å². The molecule has 0 rings (SSSR count). The lowest BCUT2D eigenvalue weighted by Gasteiger charge is -1.99. The highest BCUT2D eigenvalue weighted by atomic mass is 16.6. The van der Waals surface area contributed by atoms with Crippen LogP contribution in [0.2, 0.25) is 0 Å². The summed E-state index contributed by atoms with van der Waals surface area (Å²) in [7, 11) is 0. The van der Waals surface area contributed by atoms with Crippen molar-refractivity contribution in [3.05, 3.63) is 48.6 Å². The molecular formula is C16H20O6. The van der Waals surface area contributed by atoms with E-state index < -0.39 is 23.9 Å². The fraction of sp³-hybridized carbons (Fsp3) is 0.250. The Morgan fingerprint density at radius 3 is 0.727 bits per heavy atom. The van der Waals surface area contributed by atoms with E-state index in [1.807, 2.05) is 0 Å². The lowest BCUT2D eigenvalue weighted by atomic mass is 10.3. The van der Waals surface area contributed by atoms with Gasteiger partial charge in [0.15, 0.2) is 0 Å². The summed E-state index contributed by atoms with van der Waals surface area (Å²) in [6, 6.07) is 0. The average molecular weight is 308 g/mol. The predicted octanol–water partition coefficient (Wildman–Crippen LogP) is 2.42. The molecule has 0 heterocycles. The second-order valence-electron chi connectivity index (χ2n) is 4.48. The van der Waals surface area contributed by atoms with E-state index in [2.05, 4.69) is 35.8 Å². The van der Waals surface area contributed by atoms with Crippen LogP contribution in [0.1, 0.15) is 27.7 Å². The van der Waals surface area contributed by atoms with Crippen molar-refractivity contribution in [2.75, 3.05) is 0 Å². The van der Waals surface area contributed by atoms with Crippen LogP contribution >= 0.6 is 0 Å². The van der Waals surface area contributed by atoms with Crippen molar-refractivity contribution in [2.24, 2.45) is 0 Å². The van der Waals surface area contributed by atoms with Gasteiger partial charge in [-0.25, -0.2) is 19.2 Å². The summed E-state index contributed by atoms with van der Waals surface area (Å²) in [5.41, 5.74) is 0.776. The van der Waals surface area contributed by atoms with Gasteiger partial charge in [0, 0.05) is 22.3 Å². The van der Waals surface area contributed by atoms with E-state index in [0.717, 1.165) is 0 Å². The molecule has 0 atom stereocenters. The molecule has 0 aliphatic rings. The van der Waals surface area contributed by atoms with Gasteiger partial charge in [-0.3, -0.25) is 0 Å². The maximum Gasteiger partial charge on any atom is 0.340 e. The van der Waals surface area contributed by atoms with E-state index in [1.165, 1.54) is 27.7 Å². The SMILES string of the molecule is C=C(C)C(=O)OC(=O)C(=C)C.C=C(C)C(=O)OC(=O)C(=C)C. The minimum absolute atomic E-state index is 0.194. The number of carbonyl (C=O) groups excluding carboxylic acids is 4. The first-order chi connectivity index (χ1) is 9.89. The summed E-state index contributed by atoms with van der Waals surface area (Å²) >= 11 is 0. The van der Waals surface area contributed by atoms with E-state index in [-0.39, 0.29) is 22.3 Å². The van der Waals surface area contributed by atoms with Crippen molar-refractivity contribution in [3.8, 4) is 0 Å². The van der Waals surface area contributed by atoms with Crippen molar-refractivity contribution in [1.29, 1.82) is 0 Å². The minimum atomic E-state index is -0.710. The molecule has 0 saturated heterocycles. The number of hydrogen-bond donors (Lipinski definition) is 0. The molecule has 0 aliphatic carbocycles. The normalized spacial score (nSPS) is 8.55. The maximum absolute atomic E-state index is 10.7. The lowest BCUT2D eigenvalue weighted by molar-refractivity contribution is -0.155. The first kappa shape index (κ1) is 21.5. The van der Waals surface area contributed by atoms with Crippen LogP contribution in [0, 0.1) is 0 Å². The molecule has 6 heteroatoms. The second-order valence-corrected chi connectivity index (χ2v) is 4.48. The van der Waals surface area contributed by atoms with Gasteiger partial charge in [-0.15, -0.1) is 0 Å². The number of carbonyl (C=O) groups is 4. The number of esters is 4. The Morgan fingerprint density at radius 1 is 0.500 bits per heavy atom. The summed E-state index contributed by atoms with van der Waals surface area (Å²) < 4.78 is 8.59. The van der Waals surface area contributed by atoms with Gasteiger partial charge in [-0.2, -0.15) is 0 Å². The quantitative estimate of drug-likeness (QED) is 0.450. The standard InChI is InChI=1S/2C8H10O3/c2*1-5(2)7(9)11-8(10)6(3)4/h2*1,3H2,2,4H3. The van der Waals surface area contributed by atoms with Crippen LogP contribution in [0.3, 0.4) is 0 Å². The summed E-state index contributed by atoms with van der Waals surface area (Å²) in [5, 5.41) is 0. The smallest absolute Gasteiger partial charge is 0.340 e. The molecule has 0 unspecified atom stereocenters. The van der Waals surface area contributed by atoms with Crippen molar-refractivity contribution >= 4 is 23.9 Å². The van der Waals surface area contributed by atoms with E-state index in [9.17, 15) is 19.2 Å². The van der Waals surface area contributed by atoms with Crippen LogP contribution in [0.25, 0.3) is 0 Å². The third-order valence-corrected chi connectivity index (χ3v) is 1.76. The van der Waals surface area contributed by atoms with Gasteiger partial charge in [0.2, 0.25) is 0 Å². The number of hydrogen-bond acceptors (Lipinski definition) is 6. The number of rotatable bonds is 4. The van der Waals surface area contributed by atoms with Crippen LogP contribution in [0.5, 0.6) is 0 Å². The summed E-state index contributed by atoms with van der Waals surface area (Å²) in [4.78, 5) is 42.7. The zero-order valence-electron chi connectivity index (χ0n) is 13.3. The van der Waals surface area contributed by atoms with E-state index in [0.29, 0.717) is 0 Å². The summed E-state index contributed by atoms with van der Waals surface area (Å²) in [5.74, 6) is -2.84. The molecule has 0 bridgehead atoms. The summed E-state index contributed by atoms with van der Waals surface area (Å²) in [6.07, 6.45) is 0. The van der Waals surface area contributed by atoms with Gasteiger partial charge < -0.3 is 9.47 Å². The number of ether oxygens (including phenoxy) is 2. The third kappa shape index (κ3) is 10.1. The Hall–Kier alpha value is -2.76. The van der Waals surface area contributed by atoms with Gasteiger partial charge in [-0.05, 0) is 27.7 Å². The first-order valence-corrected chi connectivity index (χ1v) is 6.05. The molecule has 0 spiro atoms. The highest BCUT2D eigenvalue weighted by molar-refractivity contribution is 6.01. The van der Waals surface area contributed by atoms with Gasteiger partial charge in [0.05, 0.1) is 0 Å². The van der Waals surface area contributed by atoms with Crippen molar-refractivity contribution < 1.29 is 28.7 Å². The Kier molecular flexibility index (Phi) is 9.83. The fourth-order valence-corrected chi connectivity index (χ4v) is 0.517. The highest BCUT2D eigenvalue weighted by Crippen LogP contribution is 1.98. The molecular weight excluding hydrogens is 288 g/mol. The third-order valence-electron chi connectivity index (χ3n) is 1.76. The lowest BCUT2D eigenvalue weighted by Crippen LogP contribution is -2.12. The monoisotopic (exact) mass is 308 g/mol. The van der Waals surface area contributed by atoms with E-state index >= 15 is 0 Å². The molecule has 0 aliphatic heterocycles. The minimum Gasteiger partial charge on any atom is -0.386 e. The molecule has 0 fully saturated rings. The Labute approximate surface area is 129 Å². The summed E-state index contributed by atoms with van der Waals surface area (Å²) in [6.45, 7) is 19.1. The molecule has 0 N–H and O–H groups in total. The van der Waals surface area contributed by atoms with Crippen LogP contribution < -0.4 is 0 Å². The molecule has 0 amide bonds. The molecule has 0 saturated carbocycles. The largest absolute Gasteiger partial charge is 0.386 e. The van der Waals surface area contributed by atoms with E-state index in [1.54, 1.807) is 0 Å². The van der Waals surface area contributed by atoms with Crippen LogP contribution in [0.4, 0.5) is 0 Å². The molecule has 22 heavy (non-hydrogen) atoms. The zero-order valence-corrected chi connectivity index (χ0v) is 13.3. The highest BCUT2D eigenvalue weighted by Gasteiger charge is 2.11. The topological polar surface area (TPSA) is 86.7 Å². The van der Waals surface area contributed by atoms with Gasteiger partial charge in [0.1, 0.15) is 0 Å². The van der Waals surface area contributed by atoms with Gasteiger partial charge in [0.25, 0.3) is 0 Å². The van der Waals surface area contributed by atoms with Crippen molar-refractivity contribution in [2.45, 2.75) is 27.7 Å². The van der Waals surface area contributed by atoms with Crippen LogP contribution in [-0.2, 0) is 28.7 Å². The van der Waals surface area contributed by atoms with Crippen LogP contribution in [0.15, 0.2) is 48.6 Å². The Morgan fingerprint density at radius 2 is 0.636 bits per heavy atom. The Bertz CT molecular complexity index is 453. The molecule has 0 aromatic carbocycles. The zero-order chi connectivity index (χ0) is 18.0. The molecule has 120 valence electrons. The molecule has 6 nitrogen and oxygen atoms in total. The Balaban J connectivity index is 0. The van der Waals surface area contributed by atoms with Crippen molar-refractivity contribution in [3.63, 3.8) is 0 Å². The van der Waals surface area contributed by atoms with Crippen molar-refractivity contribution in [1.82, 2.24) is 0 Å². The van der Waals surface area contributed by atoms with Gasteiger partial charge in [-0.1, -0.05) is 26.3 Å². The average Bonchev–Trinajstić information content (AvgIpc) is 2.38. The molecule has 0 radical (unpaired) electrons. The van der Waals surface area contributed by atoms with E-state index in [4.69, 9.17) is 0 Å². The predicted molar refractivity (Wildman–Crippen MR) is 81.5 cm³/mol. The second kappa shape index (κ2) is 10.0. The first-order valence-electron chi connectivity index (χ1n) is 6.05. The fourth-order valence-electron chi connectivity index (χ4n) is 0.517. The molecule has 0 aromatic rings.